The molecule has 11 heteroatoms. The summed E-state index contributed by atoms with van der Waals surface area (Å²) in [6.07, 6.45) is -1.03. The number of halogens is 3. The second-order valence-corrected chi connectivity index (χ2v) is 9.32. The maximum Gasteiger partial charge on any atom is 0.416 e. The molecule has 8 nitrogen and oxygen atoms in total. The Kier molecular flexibility index (Phi) is 8.49. The first-order chi connectivity index (χ1) is 18.1. The zero-order valence-electron chi connectivity index (χ0n) is 21.5. The highest BCUT2D eigenvalue weighted by Crippen LogP contribution is 2.35. The lowest BCUT2D eigenvalue weighted by atomic mass is 9.90. The van der Waals surface area contributed by atoms with Crippen molar-refractivity contribution < 1.29 is 32.2 Å². The number of aromatic nitrogens is 1. The van der Waals surface area contributed by atoms with Crippen LogP contribution in [-0.4, -0.2) is 73.8 Å². The van der Waals surface area contributed by atoms with E-state index in [1.807, 2.05) is 24.8 Å². The SMILES string of the molecule is COCC(C)Oc1ccc(C2=C(C)N=C[C@](NC(=O)c3cccc(C(F)(F)F)c3)(N3CCOCC3)C2)cn1. The van der Waals surface area contributed by atoms with E-state index in [1.54, 1.807) is 25.6 Å². The van der Waals surface area contributed by atoms with Gasteiger partial charge in [-0.2, -0.15) is 13.2 Å². The van der Waals surface area contributed by atoms with Crippen molar-refractivity contribution in [2.24, 2.45) is 4.99 Å². The van der Waals surface area contributed by atoms with Crippen molar-refractivity contribution in [3.63, 3.8) is 0 Å². The smallest absolute Gasteiger partial charge is 0.416 e. The van der Waals surface area contributed by atoms with Gasteiger partial charge in [-0.25, -0.2) is 4.98 Å². The van der Waals surface area contributed by atoms with E-state index in [1.165, 1.54) is 12.1 Å². The molecule has 2 atom stereocenters. The fourth-order valence-electron chi connectivity index (χ4n) is 4.56. The standard InChI is InChI=1S/C27H31F3N4O4/c1-18(16-36-3)38-24-8-7-21(15-31-24)23-14-26(17-32-19(23)2,34-9-11-37-12-10-34)33-25(35)20-5-4-6-22(13-20)27(28,29)30/h4-8,13,15,17-18H,9-12,14,16H2,1-3H3,(H,33,35)/t18?,26-/m1/s1. The van der Waals surface area contributed by atoms with Crippen LogP contribution in [0.15, 0.2) is 53.3 Å². The Labute approximate surface area is 219 Å². The van der Waals surface area contributed by atoms with Gasteiger partial charge in [0.05, 0.1) is 25.4 Å². The number of hydrogen-bond acceptors (Lipinski definition) is 7. The quantitative estimate of drug-likeness (QED) is 0.549. The Hall–Kier alpha value is -3.28. The maximum absolute atomic E-state index is 13.3. The van der Waals surface area contributed by atoms with Crippen LogP contribution < -0.4 is 10.1 Å². The van der Waals surface area contributed by atoms with E-state index < -0.39 is 23.3 Å². The largest absolute Gasteiger partial charge is 0.472 e. The van der Waals surface area contributed by atoms with E-state index in [0.29, 0.717) is 45.2 Å². The van der Waals surface area contributed by atoms with Gasteiger partial charge in [0.25, 0.3) is 5.91 Å². The van der Waals surface area contributed by atoms with Gasteiger partial charge < -0.3 is 19.5 Å². The lowest BCUT2D eigenvalue weighted by Crippen LogP contribution is -2.65. The lowest BCUT2D eigenvalue weighted by molar-refractivity contribution is -0.137. The summed E-state index contributed by atoms with van der Waals surface area (Å²) in [5, 5.41) is 2.99. The summed E-state index contributed by atoms with van der Waals surface area (Å²) in [7, 11) is 1.60. The number of morpholine rings is 1. The van der Waals surface area contributed by atoms with Crippen molar-refractivity contribution in [1.82, 2.24) is 15.2 Å². The number of alkyl halides is 3. The Balaban J connectivity index is 1.61. The van der Waals surface area contributed by atoms with Gasteiger partial charge in [-0.15, -0.1) is 0 Å². The Morgan fingerprint density at radius 2 is 2.00 bits per heavy atom. The second kappa shape index (κ2) is 11.6. The number of benzene rings is 1. The molecule has 0 bridgehead atoms. The molecule has 3 heterocycles. The number of allylic oxidation sites excluding steroid dienone is 1. The lowest BCUT2D eigenvalue weighted by Gasteiger charge is -2.45. The van der Waals surface area contributed by atoms with Crippen LogP contribution in [0.3, 0.4) is 0 Å². The third-order valence-electron chi connectivity index (χ3n) is 6.52. The maximum atomic E-state index is 13.3. The fraction of sp³-hybridized carbons (Fsp3) is 0.444. The number of hydrogen-bond donors (Lipinski definition) is 1. The third kappa shape index (κ3) is 6.40. The van der Waals surface area contributed by atoms with Crippen molar-refractivity contribution in [3.8, 4) is 5.88 Å². The summed E-state index contributed by atoms with van der Waals surface area (Å²) in [4.78, 5) is 24.4. The highest BCUT2D eigenvalue weighted by atomic mass is 19.4. The zero-order chi connectivity index (χ0) is 27.3. The first kappa shape index (κ1) is 27.7. The summed E-state index contributed by atoms with van der Waals surface area (Å²) < 4.78 is 56.2. The number of aliphatic imine (C=N–C) groups is 1. The van der Waals surface area contributed by atoms with Crippen LogP contribution >= 0.6 is 0 Å². The van der Waals surface area contributed by atoms with E-state index in [9.17, 15) is 18.0 Å². The molecule has 2 aliphatic heterocycles. The molecule has 0 spiro atoms. The molecule has 0 saturated carbocycles. The van der Waals surface area contributed by atoms with Gasteiger partial charge >= 0.3 is 6.18 Å². The predicted octanol–water partition coefficient (Wildman–Crippen LogP) is 4.18. The van der Waals surface area contributed by atoms with E-state index in [2.05, 4.69) is 15.3 Å². The minimum Gasteiger partial charge on any atom is -0.472 e. The predicted molar refractivity (Wildman–Crippen MR) is 136 cm³/mol. The van der Waals surface area contributed by atoms with Crippen LogP contribution in [0.25, 0.3) is 5.57 Å². The molecule has 204 valence electrons. The second-order valence-electron chi connectivity index (χ2n) is 9.32. The average Bonchev–Trinajstić information content (AvgIpc) is 2.90. The fourth-order valence-corrected chi connectivity index (χ4v) is 4.56. The van der Waals surface area contributed by atoms with Crippen LogP contribution in [0, 0.1) is 0 Å². The summed E-state index contributed by atoms with van der Waals surface area (Å²) in [6, 6.07) is 8.03. The molecule has 4 rings (SSSR count). The molecule has 0 aliphatic carbocycles. The number of carbonyl (C=O) groups is 1. The average molecular weight is 533 g/mol. The van der Waals surface area contributed by atoms with Gasteiger partial charge in [0.1, 0.15) is 11.8 Å². The molecule has 2 aromatic rings. The van der Waals surface area contributed by atoms with Crippen molar-refractivity contribution in [2.75, 3.05) is 40.0 Å². The molecule has 1 fully saturated rings. The van der Waals surface area contributed by atoms with E-state index in [-0.39, 0.29) is 11.7 Å². The summed E-state index contributed by atoms with van der Waals surface area (Å²) in [6.45, 7) is 6.13. The molecule has 0 radical (unpaired) electrons. The topological polar surface area (TPSA) is 85.3 Å². The highest BCUT2D eigenvalue weighted by molar-refractivity contribution is 5.98. The van der Waals surface area contributed by atoms with Crippen molar-refractivity contribution in [3.05, 3.63) is 65.0 Å². The number of nitrogens with zero attached hydrogens (tertiary/aromatic N) is 3. The van der Waals surface area contributed by atoms with Gasteiger partial charge in [-0.1, -0.05) is 6.07 Å². The van der Waals surface area contributed by atoms with Gasteiger partial charge in [-0.3, -0.25) is 14.7 Å². The monoisotopic (exact) mass is 532 g/mol. The van der Waals surface area contributed by atoms with Crippen LogP contribution in [0.4, 0.5) is 13.2 Å². The third-order valence-corrected chi connectivity index (χ3v) is 6.52. The minimum absolute atomic E-state index is 0.0815. The summed E-state index contributed by atoms with van der Waals surface area (Å²) in [5.74, 6) is -0.171. The minimum atomic E-state index is -4.55. The van der Waals surface area contributed by atoms with E-state index in [0.717, 1.165) is 29.0 Å². The Morgan fingerprint density at radius 3 is 2.66 bits per heavy atom. The first-order valence-electron chi connectivity index (χ1n) is 12.3. The Bertz CT molecular complexity index is 1190. The van der Waals surface area contributed by atoms with Gasteiger partial charge in [0.2, 0.25) is 5.88 Å². The van der Waals surface area contributed by atoms with Gasteiger partial charge in [0.15, 0.2) is 0 Å². The van der Waals surface area contributed by atoms with Crippen molar-refractivity contribution in [2.45, 2.75) is 38.2 Å². The molecule has 1 saturated heterocycles. The number of ether oxygens (including phenoxy) is 3. The molecular weight excluding hydrogens is 501 g/mol. The first-order valence-corrected chi connectivity index (χ1v) is 12.3. The number of methoxy groups -OCH3 is 1. The number of amides is 1. The van der Waals surface area contributed by atoms with Gasteiger partial charge in [0, 0.05) is 56.4 Å². The molecule has 1 aromatic heterocycles. The van der Waals surface area contributed by atoms with Crippen LogP contribution in [-0.2, 0) is 15.7 Å². The van der Waals surface area contributed by atoms with Crippen LogP contribution in [0.5, 0.6) is 5.88 Å². The Morgan fingerprint density at radius 1 is 1.24 bits per heavy atom. The molecule has 1 unspecified atom stereocenters. The van der Waals surface area contributed by atoms with Crippen molar-refractivity contribution in [1.29, 1.82) is 0 Å². The molecular formula is C27H31F3N4O4. The molecule has 2 aliphatic rings. The van der Waals surface area contributed by atoms with Crippen molar-refractivity contribution >= 4 is 17.7 Å². The molecule has 1 amide bonds. The normalized spacial score (nSPS) is 21.3. The molecule has 1 aromatic carbocycles. The number of carbonyl (C=O) groups excluding carboxylic acids is 1. The molecule has 38 heavy (non-hydrogen) atoms. The molecule has 1 N–H and O–H groups in total. The zero-order valence-corrected chi connectivity index (χ0v) is 21.5. The highest BCUT2D eigenvalue weighted by Gasteiger charge is 2.41. The van der Waals surface area contributed by atoms with E-state index in [4.69, 9.17) is 14.2 Å². The number of pyridine rings is 1. The number of rotatable bonds is 8. The summed E-state index contributed by atoms with van der Waals surface area (Å²) in [5.41, 5.74) is 0.385. The van der Waals surface area contributed by atoms with Crippen LogP contribution in [0.2, 0.25) is 0 Å². The number of nitrogens with one attached hydrogen (secondary N) is 1. The van der Waals surface area contributed by atoms with Crippen LogP contribution in [0.1, 0.15) is 41.8 Å². The summed E-state index contributed by atoms with van der Waals surface area (Å²) >= 11 is 0. The van der Waals surface area contributed by atoms with E-state index >= 15 is 0 Å². The van der Waals surface area contributed by atoms with Gasteiger partial charge in [-0.05, 0) is 49.2 Å².